The Labute approximate surface area is 164 Å². The zero-order valence-electron chi connectivity index (χ0n) is 13.1. The van der Waals surface area contributed by atoms with Crippen LogP contribution in [0, 0.1) is 0 Å². The highest BCUT2D eigenvalue weighted by Gasteiger charge is 2.28. The van der Waals surface area contributed by atoms with Crippen molar-refractivity contribution in [3.63, 3.8) is 0 Å². The van der Waals surface area contributed by atoms with E-state index in [-0.39, 0.29) is 0 Å². The van der Waals surface area contributed by atoms with Crippen LogP contribution in [0.4, 0.5) is 0 Å². The van der Waals surface area contributed by atoms with Crippen molar-refractivity contribution < 1.29 is 4.21 Å². The van der Waals surface area contributed by atoms with Gasteiger partial charge in [-0.1, -0.05) is 59.1 Å². The van der Waals surface area contributed by atoms with E-state index in [9.17, 15) is 4.21 Å². The lowest BCUT2D eigenvalue weighted by molar-refractivity contribution is 0.615. The topological polar surface area (TPSA) is 34.9 Å². The minimum atomic E-state index is -1.25. The summed E-state index contributed by atoms with van der Waals surface area (Å²) in [5, 5.41) is 0.862. The summed E-state index contributed by atoms with van der Waals surface area (Å²) in [4.78, 5) is 4.03. The molecule has 3 aromatic rings. The van der Waals surface area contributed by atoms with Gasteiger partial charge in [0.1, 0.15) is 5.50 Å². The molecule has 0 amide bonds. The predicted octanol–water partition coefficient (Wildman–Crippen LogP) is 5.62. The maximum absolute atomic E-state index is 13.1. The molecule has 0 aliphatic carbocycles. The van der Waals surface area contributed by atoms with Crippen LogP contribution in [0.2, 0.25) is 10.0 Å². The van der Waals surface area contributed by atoms with Gasteiger partial charge in [-0.05, 0) is 35.4 Å². The van der Waals surface area contributed by atoms with Crippen molar-refractivity contribution in [2.75, 3.05) is 0 Å². The predicted molar refractivity (Wildman–Crippen MR) is 105 cm³/mol. The third kappa shape index (κ3) is 4.64. The summed E-state index contributed by atoms with van der Waals surface area (Å²) in [5.74, 6) is 0.377. The van der Waals surface area contributed by atoms with Crippen molar-refractivity contribution in [1.82, 2.24) is 9.55 Å². The number of halogens is 3. The molecular formula is C18H15Cl3N2OS. The van der Waals surface area contributed by atoms with E-state index < -0.39 is 21.6 Å². The number of hydrogen-bond acceptors (Lipinski definition) is 2. The van der Waals surface area contributed by atoms with Gasteiger partial charge in [-0.15, -0.1) is 0 Å². The van der Waals surface area contributed by atoms with E-state index in [1.165, 1.54) is 0 Å². The number of alkyl halides is 1. The molecule has 0 fully saturated rings. The van der Waals surface area contributed by atoms with Gasteiger partial charge in [-0.3, -0.25) is 4.21 Å². The summed E-state index contributed by atoms with van der Waals surface area (Å²) in [5.41, 5.74) is 1.28. The molecule has 3 nitrogen and oxygen atoms in total. The molecule has 0 N–H and O–H groups in total. The molecule has 0 saturated carbocycles. The van der Waals surface area contributed by atoms with E-state index in [0.29, 0.717) is 15.8 Å². The molecule has 7 heteroatoms. The molecule has 3 rings (SSSR count). The van der Waals surface area contributed by atoms with Crippen LogP contribution in [0.1, 0.15) is 21.9 Å². The average molecular weight is 414 g/mol. The van der Waals surface area contributed by atoms with Gasteiger partial charge in [0.05, 0.1) is 11.6 Å². The van der Waals surface area contributed by atoms with Crippen LogP contribution >= 0.6 is 34.8 Å². The Hall–Kier alpha value is -1.33. The summed E-state index contributed by atoms with van der Waals surface area (Å²) in [6, 6.07) is 14.6. The fourth-order valence-corrected chi connectivity index (χ4v) is 4.90. The second-order valence-corrected chi connectivity index (χ2v) is 8.38. The maximum atomic E-state index is 13.1. The Morgan fingerprint density at radius 1 is 1.00 bits per heavy atom. The summed E-state index contributed by atoms with van der Waals surface area (Å²) in [6.07, 6.45) is 5.04. The first-order valence-corrected chi connectivity index (χ1v) is 10.1. The molecule has 1 heterocycles. The normalized spacial score (nSPS) is 14.8. The molecule has 1 aromatic heterocycles. The van der Waals surface area contributed by atoms with Gasteiger partial charge in [0.25, 0.3) is 0 Å². The van der Waals surface area contributed by atoms with E-state index in [2.05, 4.69) is 4.98 Å². The fourth-order valence-electron chi connectivity index (χ4n) is 2.49. The Balaban J connectivity index is 1.90. The first-order chi connectivity index (χ1) is 12.0. The number of nitrogens with zero attached hydrogens (tertiary/aromatic N) is 2. The first kappa shape index (κ1) is 18.5. The van der Waals surface area contributed by atoms with Crippen LogP contribution in [0.5, 0.6) is 0 Å². The van der Waals surface area contributed by atoms with E-state index in [0.717, 1.165) is 11.1 Å². The van der Waals surface area contributed by atoms with Crippen molar-refractivity contribution in [2.45, 2.75) is 16.5 Å². The average Bonchev–Trinajstić information content (AvgIpc) is 3.13. The smallest absolute Gasteiger partial charge is 0.127 e. The second-order valence-electron chi connectivity index (χ2n) is 5.51. The van der Waals surface area contributed by atoms with E-state index >= 15 is 0 Å². The summed E-state index contributed by atoms with van der Waals surface area (Å²) < 4.78 is 14.9. The van der Waals surface area contributed by atoms with Crippen molar-refractivity contribution in [1.29, 1.82) is 0 Å². The third-order valence-electron chi connectivity index (χ3n) is 3.76. The standard InChI is InChI=1S/C18H15Cl3N2OS/c19-15-5-1-13(2-6-15)11-25(24)17(14-3-7-16(20)8-4-14)18(21)23-10-9-22-12-23/h1-10,12,17-18H,11H2. The highest BCUT2D eigenvalue weighted by molar-refractivity contribution is 7.84. The molecule has 3 unspecified atom stereocenters. The highest BCUT2D eigenvalue weighted by atomic mass is 35.5. The summed E-state index contributed by atoms with van der Waals surface area (Å²) in [6.45, 7) is 0. The number of imidazole rings is 1. The molecule has 0 spiro atoms. The van der Waals surface area contributed by atoms with Crippen LogP contribution in [0.3, 0.4) is 0 Å². The molecule has 25 heavy (non-hydrogen) atoms. The lowest BCUT2D eigenvalue weighted by Gasteiger charge is -2.23. The lowest BCUT2D eigenvalue weighted by Crippen LogP contribution is -2.18. The minimum Gasteiger partial charge on any atom is -0.319 e. The fraction of sp³-hybridized carbons (Fsp3) is 0.167. The summed E-state index contributed by atoms with van der Waals surface area (Å²) in [7, 11) is -1.25. The quantitative estimate of drug-likeness (QED) is 0.492. The zero-order valence-corrected chi connectivity index (χ0v) is 16.1. The highest BCUT2D eigenvalue weighted by Crippen LogP contribution is 2.36. The van der Waals surface area contributed by atoms with Crippen LogP contribution in [0.25, 0.3) is 0 Å². The van der Waals surface area contributed by atoms with Gasteiger partial charge < -0.3 is 4.57 Å². The molecule has 0 aliphatic heterocycles. The first-order valence-electron chi connectivity index (χ1n) is 7.53. The summed E-state index contributed by atoms with van der Waals surface area (Å²) >= 11 is 18.6. The minimum absolute atomic E-state index is 0.377. The lowest BCUT2D eigenvalue weighted by atomic mass is 10.1. The SMILES string of the molecule is O=S(Cc1ccc(Cl)cc1)C(c1ccc(Cl)cc1)C(Cl)n1ccnc1. The number of hydrogen-bond donors (Lipinski definition) is 0. The Morgan fingerprint density at radius 2 is 1.60 bits per heavy atom. The van der Waals surface area contributed by atoms with Crippen molar-refractivity contribution >= 4 is 45.6 Å². The van der Waals surface area contributed by atoms with Crippen LogP contribution in [-0.2, 0) is 16.6 Å². The number of aromatic nitrogens is 2. The molecule has 0 radical (unpaired) electrons. The third-order valence-corrected chi connectivity index (χ3v) is 6.61. The zero-order chi connectivity index (χ0) is 17.8. The van der Waals surface area contributed by atoms with Gasteiger partial charge in [0.2, 0.25) is 0 Å². The van der Waals surface area contributed by atoms with Crippen molar-refractivity contribution in [2.24, 2.45) is 0 Å². The molecule has 130 valence electrons. The maximum Gasteiger partial charge on any atom is 0.127 e. The van der Waals surface area contributed by atoms with Crippen LogP contribution in [-0.4, -0.2) is 13.8 Å². The van der Waals surface area contributed by atoms with Gasteiger partial charge in [-0.2, -0.15) is 0 Å². The molecule has 0 saturated heterocycles. The second kappa shape index (κ2) is 8.37. The van der Waals surface area contributed by atoms with E-state index in [4.69, 9.17) is 34.8 Å². The van der Waals surface area contributed by atoms with Crippen molar-refractivity contribution in [3.8, 4) is 0 Å². The van der Waals surface area contributed by atoms with Gasteiger partial charge in [0, 0.05) is 39.0 Å². The van der Waals surface area contributed by atoms with Crippen LogP contribution in [0.15, 0.2) is 67.3 Å². The molecule has 2 aromatic carbocycles. The van der Waals surface area contributed by atoms with Gasteiger partial charge in [-0.25, -0.2) is 4.98 Å². The largest absolute Gasteiger partial charge is 0.319 e. The Kier molecular flexibility index (Phi) is 6.18. The molecular weight excluding hydrogens is 399 g/mol. The Morgan fingerprint density at radius 3 is 2.16 bits per heavy atom. The molecule has 3 atom stereocenters. The molecule has 0 aliphatic rings. The number of benzene rings is 2. The Bertz CT molecular complexity index is 836. The van der Waals surface area contributed by atoms with Gasteiger partial charge >= 0.3 is 0 Å². The monoisotopic (exact) mass is 412 g/mol. The van der Waals surface area contributed by atoms with Crippen LogP contribution < -0.4 is 0 Å². The van der Waals surface area contributed by atoms with Crippen molar-refractivity contribution in [3.05, 3.63) is 88.4 Å². The van der Waals surface area contributed by atoms with E-state index in [1.807, 2.05) is 24.3 Å². The van der Waals surface area contributed by atoms with E-state index in [1.54, 1.807) is 47.6 Å². The molecule has 0 bridgehead atoms. The van der Waals surface area contributed by atoms with Gasteiger partial charge in [0.15, 0.2) is 0 Å². The number of rotatable bonds is 6.